The van der Waals surface area contributed by atoms with Crippen molar-refractivity contribution in [2.45, 2.75) is 25.3 Å². The molecule has 2 heterocycles. The van der Waals surface area contributed by atoms with E-state index < -0.39 is 5.54 Å². The van der Waals surface area contributed by atoms with Crippen molar-refractivity contribution in [2.75, 3.05) is 0 Å². The van der Waals surface area contributed by atoms with Crippen molar-refractivity contribution in [2.24, 2.45) is 0 Å². The van der Waals surface area contributed by atoms with Crippen LogP contribution in [0.1, 0.15) is 24.7 Å². The summed E-state index contributed by atoms with van der Waals surface area (Å²) in [7, 11) is 0. The summed E-state index contributed by atoms with van der Waals surface area (Å²) in [5, 5.41) is 3.35. The van der Waals surface area contributed by atoms with Gasteiger partial charge >= 0.3 is 0 Å². The minimum absolute atomic E-state index is 0.0866. The Hall–Kier alpha value is -1.72. The molecule has 0 aliphatic heterocycles. The lowest BCUT2D eigenvalue weighted by atomic mass is 10.1. The first kappa shape index (κ1) is 14.2. The molecular weight excluding hydrogens is 306 g/mol. The summed E-state index contributed by atoms with van der Waals surface area (Å²) < 4.78 is 1.65. The molecule has 0 fully saturated rings. The van der Waals surface area contributed by atoms with Gasteiger partial charge < -0.3 is 0 Å². The van der Waals surface area contributed by atoms with Crippen LogP contribution in [0.4, 0.5) is 0 Å². The van der Waals surface area contributed by atoms with Gasteiger partial charge in [-0.2, -0.15) is 0 Å². The average Bonchev–Trinajstić information content (AvgIpc) is 3.01. The highest BCUT2D eigenvalue weighted by atomic mass is 35.5. The lowest BCUT2D eigenvalue weighted by Crippen LogP contribution is -2.40. The summed E-state index contributed by atoms with van der Waals surface area (Å²) in [5.41, 5.74) is -0.00671. The molecule has 0 bridgehead atoms. The van der Waals surface area contributed by atoms with E-state index in [1.807, 2.05) is 37.4 Å². The van der Waals surface area contributed by atoms with Crippen LogP contribution in [0.25, 0.3) is 10.9 Å². The average molecular weight is 320 g/mol. The molecule has 0 N–H and O–H groups in total. The Morgan fingerprint density at radius 2 is 2.10 bits per heavy atom. The molecule has 0 spiro atoms. The molecule has 0 radical (unpaired) electrons. The first-order valence-corrected chi connectivity index (χ1v) is 7.94. The molecule has 3 aromatic rings. The molecule has 6 heteroatoms. The maximum atomic E-state index is 12.9. The maximum Gasteiger partial charge on any atom is 0.262 e. The Morgan fingerprint density at radius 3 is 2.76 bits per heavy atom. The van der Waals surface area contributed by atoms with Crippen molar-refractivity contribution in [3.63, 3.8) is 0 Å². The second-order valence-electron chi connectivity index (χ2n) is 5.22. The van der Waals surface area contributed by atoms with Crippen LogP contribution in [-0.2, 0) is 11.4 Å². The van der Waals surface area contributed by atoms with E-state index >= 15 is 0 Å². The van der Waals surface area contributed by atoms with Gasteiger partial charge in [0.1, 0.15) is 10.8 Å². The Balaban J connectivity index is 2.36. The molecule has 108 valence electrons. The fourth-order valence-electron chi connectivity index (χ4n) is 2.47. The van der Waals surface area contributed by atoms with Crippen LogP contribution in [0.3, 0.4) is 0 Å². The number of nitrogens with zero attached hydrogens (tertiary/aromatic N) is 3. The molecule has 0 aliphatic carbocycles. The van der Waals surface area contributed by atoms with E-state index in [4.69, 9.17) is 11.6 Å². The van der Waals surface area contributed by atoms with Crippen molar-refractivity contribution in [3.05, 3.63) is 57.0 Å². The van der Waals surface area contributed by atoms with Crippen molar-refractivity contribution in [1.82, 2.24) is 14.5 Å². The van der Waals surface area contributed by atoms with Crippen LogP contribution in [0, 0.1) is 0 Å². The number of hydrogen-bond donors (Lipinski definition) is 0. The van der Waals surface area contributed by atoms with Gasteiger partial charge in [0.15, 0.2) is 0 Å². The number of para-hydroxylation sites is 1. The molecule has 0 saturated carbocycles. The number of rotatable bonds is 3. The van der Waals surface area contributed by atoms with Crippen LogP contribution < -0.4 is 5.56 Å². The molecule has 3 rings (SSSR count). The second kappa shape index (κ2) is 5.24. The summed E-state index contributed by atoms with van der Waals surface area (Å²) >= 11 is 7.55. The summed E-state index contributed by atoms with van der Waals surface area (Å²) in [5.74, 6) is 0.732. The normalized spacial score (nSPS) is 12.0. The smallest absolute Gasteiger partial charge is 0.262 e. The topological polar surface area (TPSA) is 47.8 Å². The number of halogens is 1. The molecule has 0 aliphatic rings. The van der Waals surface area contributed by atoms with Gasteiger partial charge in [-0.1, -0.05) is 12.1 Å². The maximum absolute atomic E-state index is 12.9. The Labute approximate surface area is 131 Å². The minimum Gasteiger partial charge on any atom is -0.283 e. The van der Waals surface area contributed by atoms with Gasteiger partial charge in [0.2, 0.25) is 0 Å². The quantitative estimate of drug-likeness (QED) is 0.695. The zero-order valence-corrected chi connectivity index (χ0v) is 13.3. The zero-order valence-electron chi connectivity index (χ0n) is 11.7. The SMILES string of the molecule is CC(C)(c1nccs1)n1c(CCl)nc2ccccc2c1=O. The highest BCUT2D eigenvalue weighted by Crippen LogP contribution is 2.28. The monoisotopic (exact) mass is 319 g/mol. The van der Waals surface area contributed by atoms with Gasteiger partial charge in [-0.3, -0.25) is 9.36 Å². The molecule has 0 amide bonds. The van der Waals surface area contributed by atoms with Gasteiger partial charge in [-0.25, -0.2) is 9.97 Å². The highest BCUT2D eigenvalue weighted by Gasteiger charge is 2.30. The lowest BCUT2D eigenvalue weighted by molar-refractivity contribution is 0.405. The molecular formula is C15H14ClN3OS. The van der Waals surface area contributed by atoms with Gasteiger partial charge in [0.05, 0.1) is 22.3 Å². The van der Waals surface area contributed by atoms with E-state index in [9.17, 15) is 4.79 Å². The van der Waals surface area contributed by atoms with Crippen molar-refractivity contribution >= 4 is 33.8 Å². The summed E-state index contributed by atoms with van der Waals surface area (Å²) in [6.45, 7) is 3.92. The van der Waals surface area contributed by atoms with Gasteiger partial charge in [0.25, 0.3) is 5.56 Å². The fourth-order valence-corrected chi connectivity index (χ4v) is 3.40. The molecule has 21 heavy (non-hydrogen) atoms. The minimum atomic E-state index is -0.591. The number of hydrogen-bond acceptors (Lipinski definition) is 4. The number of thiazole rings is 1. The molecule has 0 saturated heterocycles. The molecule has 2 aromatic heterocycles. The first-order chi connectivity index (χ1) is 10.1. The van der Waals surface area contributed by atoms with Crippen LogP contribution in [0.15, 0.2) is 40.6 Å². The Kier molecular flexibility index (Phi) is 3.55. The van der Waals surface area contributed by atoms with Crippen LogP contribution >= 0.6 is 22.9 Å². The van der Waals surface area contributed by atoms with Crippen molar-refractivity contribution in [3.8, 4) is 0 Å². The van der Waals surface area contributed by atoms with Crippen molar-refractivity contribution < 1.29 is 0 Å². The Morgan fingerprint density at radius 1 is 1.33 bits per heavy atom. The van der Waals surface area contributed by atoms with E-state index in [0.29, 0.717) is 16.7 Å². The summed E-state index contributed by atoms with van der Waals surface area (Å²) in [6, 6.07) is 7.32. The first-order valence-electron chi connectivity index (χ1n) is 6.53. The molecule has 1 aromatic carbocycles. The van der Waals surface area contributed by atoms with Crippen molar-refractivity contribution in [1.29, 1.82) is 0 Å². The number of fused-ring (bicyclic) bond motifs is 1. The van der Waals surface area contributed by atoms with E-state index in [1.54, 1.807) is 16.8 Å². The number of benzene rings is 1. The molecule has 4 nitrogen and oxygen atoms in total. The third-order valence-corrected chi connectivity index (χ3v) is 4.80. The third-order valence-electron chi connectivity index (χ3n) is 3.48. The van der Waals surface area contributed by atoms with Gasteiger partial charge in [-0.05, 0) is 26.0 Å². The van der Waals surface area contributed by atoms with Gasteiger partial charge in [0, 0.05) is 11.6 Å². The van der Waals surface area contributed by atoms with Crippen LogP contribution in [-0.4, -0.2) is 14.5 Å². The van der Waals surface area contributed by atoms with Crippen LogP contribution in [0.2, 0.25) is 0 Å². The number of alkyl halides is 1. The van der Waals surface area contributed by atoms with E-state index in [2.05, 4.69) is 9.97 Å². The van der Waals surface area contributed by atoms with E-state index in [0.717, 1.165) is 5.01 Å². The van der Waals surface area contributed by atoms with E-state index in [-0.39, 0.29) is 11.4 Å². The molecule has 0 atom stereocenters. The number of aromatic nitrogens is 3. The predicted molar refractivity (Wildman–Crippen MR) is 86.1 cm³/mol. The largest absolute Gasteiger partial charge is 0.283 e. The van der Waals surface area contributed by atoms with Gasteiger partial charge in [-0.15, -0.1) is 22.9 Å². The third kappa shape index (κ3) is 2.26. The predicted octanol–water partition coefficient (Wildman–Crippen LogP) is 3.38. The zero-order chi connectivity index (χ0) is 15.0. The van der Waals surface area contributed by atoms with Crippen LogP contribution in [0.5, 0.6) is 0 Å². The Bertz CT molecular complexity index is 840. The standard InChI is InChI=1S/C15H14ClN3OS/c1-15(2,14-17-7-8-21-14)19-12(9-16)18-11-6-4-3-5-10(11)13(19)20/h3-8H,9H2,1-2H3. The molecule has 0 unspecified atom stereocenters. The summed E-state index contributed by atoms with van der Waals surface area (Å²) in [4.78, 5) is 21.8. The lowest BCUT2D eigenvalue weighted by Gasteiger charge is -2.27. The fraction of sp³-hybridized carbons (Fsp3) is 0.267. The second-order valence-corrected chi connectivity index (χ2v) is 6.38. The highest BCUT2D eigenvalue weighted by molar-refractivity contribution is 7.09. The van der Waals surface area contributed by atoms with E-state index in [1.165, 1.54) is 11.3 Å². The summed E-state index contributed by atoms with van der Waals surface area (Å²) in [6.07, 6.45) is 1.74.